The third-order valence-electron chi connectivity index (χ3n) is 4.17. The molecule has 1 saturated carbocycles. The Hall–Kier alpha value is -1.63. The van der Waals surface area contributed by atoms with E-state index in [0.29, 0.717) is 11.8 Å². The Kier molecular flexibility index (Phi) is 3.10. The second-order valence-electron chi connectivity index (χ2n) is 5.66. The minimum Gasteiger partial charge on any atom is -0.351 e. The van der Waals surface area contributed by atoms with Gasteiger partial charge in [-0.25, -0.2) is 9.50 Å². The lowest BCUT2D eigenvalue weighted by Crippen LogP contribution is -2.49. The van der Waals surface area contributed by atoms with Gasteiger partial charge in [-0.2, -0.15) is 5.10 Å². The molecule has 1 aliphatic heterocycles. The first-order valence-electron chi connectivity index (χ1n) is 7.25. The Morgan fingerprint density at radius 3 is 2.71 bits per heavy atom. The highest BCUT2D eigenvalue weighted by atomic mass is 79.9. The highest BCUT2D eigenvalue weighted by Crippen LogP contribution is 2.31. The zero-order valence-corrected chi connectivity index (χ0v) is 13.2. The fourth-order valence-electron chi connectivity index (χ4n) is 2.86. The first-order chi connectivity index (χ1) is 10.2. The Labute approximate surface area is 130 Å². The quantitative estimate of drug-likeness (QED) is 0.825. The van der Waals surface area contributed by atoms with Crippen LogP contribution in [0.1, 0.15) is 12.8 Å². The summed E-state index contributed by atoms with van der Waals surface area (Å²) in [6.45, 7) is 3.22. The number of aromatic nitrogens is 3. The molecule has 2 fully saturated rings. The van der Waals surface area contributed by atoms with E-state index in [1.165, 1.54) is 0 Å². The highest BCUT2D eigenvalue weighted by molar-refractivity contribution is 9.10. The predicted octanol–water partition coefficient (Wildman–Crippen LogP) is 1.55. The third kappa shape index (κ3) is 2.39. The molecule has 0 atom stereocenters. The lowest BCUT2D eigenvalue weighted by Gasteiger charge is -2.35. The summed E-state index contributed by atoms with van der Waals surface area (Å²) in [5.41, 5.74) is 0.992. The minimum atomic E-state index is 0.309. The monoisotopic (exact) mass is 349 g/mol. The van der Waals surface area contributed by atoms with E-state index in [0.717, 1.165) is 54.8 Å². The first kappa shape index (κ1) is 13.1. The molecule has 0 unspecified atom stereocenters. The van der Waals surface area contributed by atoms with Gasteiger partial charge in [0.2, 0.25) is 5.91 Å². The van der Waals surface area contributed by atoms with Crippen LogP contribution in [0.4, 0.5) is 5.82 Å². The molecule has 1 saturated heterocycles. The topological polar surface area (TPSA) is 53.7 Å². The molecule has 1 amide bonds. The maximum Gasteiger partial charge on any atom is 0.225 e. The van der Waals surface area contributed by atoms with Crippen LogP contribution >= 0.6 is 15.9 Å². The molecule has 0 spiro atoms. The van der Waals surface area contributed by atoms with Crippen molar-refractivity contribution in [3.63, 3.8) is 0 Å². The van der Waals surface area contributed by atoms with E-state index in [1.807, 2.05) is 21.7 Å². The summed E-state index contributed by atoms with van der Waals surface area (Å²) in [5.74, 6) is 1.59. The van der Waals surface area contributed by atoms with Gasteiger partial charge in [-0.15, -0.1) is 0 Å². The molecule has 3 heterocycles. The van der Waals surface area contributed by atoms with Crippen molar-refractivity contribution in [3.8, 4) is 0 Å². The van der Waals surface area contributed by atoms with Crippen LogP contribution in [-0.2, 0) is 4.79 Å². The Balaban J connectivity index is 1.53. The molecule has 21 heavy (non-hydrogen) atoms. The second-order valence-corrected chi connectivity index (χ2v) is 6.57. The van der Waals surface area contributed by atoms with Gasteiger partial charge in [-0.3, -0.25) is 4.79 Å². The number of fused-ring (bicyclic) bond motifs is 1. The lowest BCUT2D eigenvalue weighted by atomic mass is 10.2. The van der Waals surface area contributed by atoms with E-state index in [4.69, 9.17) is 0 Å². The molecule has 0 radical (unpaired) electrons. The van der Waals surface area contributed by atoms with E-state index in [1.54, 1.807) is 6.33 Å². The van der Waals surface area contributed by atoms with Gasteiger partial charge in [-0.1, -0.05) is 0 Å². The maximum atomic E-state index is 12.1. The van der Waals surface area contributed by atoms with Crippen LogP contribution in [-0.4, -0.2) is 51.6 Å². The third-order valence-corrected chi connectivity index (χ3v) is 4.60. The van der Waals surface area contributed by atoms with E-state index >= 15 is 0 Å². The molecule has 6 nitrogen and oxygen atoms in total. The second kappa shape index (κ2) is 4.98. The van der Waals surface area contributed by atoms with Crippen LogP contribution in [0.5, 0.6) is 0 Å². The van der Waals surface area contributed by atoms with Crippen molar-refractivity contribution in [2.24, 2.45) is 5.92 Å². The number of nitrogens with zero attached hydrogens (tertiary/aromatic N) is 5. The molecule has 2 aromatic heterocycles. The average Bonchev–Trinajstić information content (AvgIpc) is 3.27. The molecule has 2 aromatic rings. The number of rotatable bonds is 2. The van der Waals surface area contributed by atoms with Crippen molar-refractivity contribution >= 4 is 33.2 Å². The van der Waals surface area contributed by atoms with Crippen LogP contribution in [0, 0.1) is 5.92 Å². The molecule has 2 aliphatic rings. The maximum absolute atomic E-state index is 12.1. The van der Waals surface area contributed by atoms with Crippen LogP contribution in [0.3, 0.4) is 0 Å². The van der Waals surface area contributed by atoms with Gasteiger partial charge >= 0.3 is 0 Å². The van der Waals surface area contributed by atoms with Gasteiger partial charge in [0.05, 0.1) is 0 Å². The Morgan fingerprint density at radius 1 is 1.24 bits per heavy atom. The number of hydrogen-bond donors (Lipinski definition) is 0. The number of halogens is 1. The molecule has 0 N–H and O–H groups in total. The average molecular weight is 350 g/mol. The van der Waals surface area contributed by atoms with Crippen LogP contribution < -0.4 is 4.90 Å². The summed E-state index contributed by atoms with van der Waals surface area (Å²) in [6.07, 6.45) is 5.65. The molecule has 0 aromatic carbocycles. The van der Waals surface area contributed by atoms with Gasteiger partial charge in [0.25, 0.3) is 0 Å². The zero-order chi connectivity index (χ0) is 14.4. The summed E-state index contributed by atoms with van der Waals surface area (Å²) in [6, 6.07) is 2.02. The smallest absolute Gasteiger partial charge is 0.225 e. The van der Waals surface area contributed by atoms with Gasteiger partial charge in [0.15, 0.2) is 5.82 Å². The summed E-state index contributed by atoms with van der Waals surface area (Å²) in [4.78, 5) is 20.8. The van der Waals surface area contributed by atoms with Gasteiger partial charge < -0.3 is 9.80 Å². The molecule has 1 aliphatic carbocycles. The van der Waals surface area contributed by atoms with Crippen molar-refractivity contribution < 1.29 is 4.79 Å². The SMILES string of the molecule is O=C(C1CC1)N1CCN(c2ncnn3cc(Br)cc23)CC1. The largest absolute Gasteiger partial charge is 0.351 e. The van der Waals surface area contributed by atoms with Crippen molar-refractivity contribution in [3.05, 3.63) is 23.1 Å². The molecule has 4 rings (SSSR count). The standard InChI is InChI=1S/C14H16BrN5O/c15-11-7-12-13(16-9-17-20(12)8-11)18-3-5-19(6-4-18)14(21)10-1-2-10/h7-10H,1-6H2. The number of amides is 1. The lowest BCUT2D eigenvalue weighted by molar-refractivity contribution is -0.132. The Bertz CT molecular complexity index is 688. The highest BCUT2D eigenvalue weighted by Gasteiger charge is 2.34. The van der Waals surface area contributed by atoms with E-state index in [-0.39, 0.29) is 0 Å². The van der Waals surface area contributed by atoms with Crippen molar-refractivity contribution in [1.82, 2.24) is 19.5 Å². The first-order valence-corrected chi connectivity index (χ1v) is 8.04. The van der Waals surface area contributed by atoms with Gasteiger partial charge in [0.1, 0.15) is 11.8 Å². The molecule has 7 heteroatoms. The molecular formula is C14H16BrN5O. The van der Waals surface area contributed by atoms with Crippen LogP contribution in [0.15, 0.2) is 23.1 Å². The van der Waals surface area contributed by atoms with E-state index in [9.17, 15) is 4.79 Å². The number of hydrogen-bond acceptors (Lipinski definition) is 4. The van der Waals surface area contributed by atoms with E-state index < -0.39 is 0 Å². The molecule has 110 valence electrons. The zero-order valence-electron chi connectivity index (χ0n) is 11.6. The van der Waals surface area contributed by atoms with Gasteiger partial charge in [0, 0.05) is 42.8 Å². The van der Waals surface area contributed by atoms with Crippen molar-refractivity contribution in [2.45, 2.75) is 12.8 Å². The fourth-order valence-corrected chi connectivity index (χ4v) is 3.27. The predicted molar refractivity (Wildman–Crippen MR) is 82.2 cm³/mol. The van der Waals surface area contributed by atoms with Gasteiger partial charge in [-0.05, 0) is 34.8 Å². The minimum absolute atomic E-state index is 0.309. The Morgan fingerprint density at radius 2 is 2.00 bits per heavy atom. The van der Waals surface area contributed by atoms with Crippen molar-refractivity contribution in [1.29, 1.82) is 0 Å². The molecule has 0 bridgehead atoms. The summed E-state index contributed by atoms with van der Waals surface area (Å²) in [7, 11) is 0. The van der Waals surface area contributed by atoms with E-state index in [2.05, 4.69) is 30.9 Å². The number of carbonyl (C=O) groups is 1. The number of piperazine rings is 1. The summed E-state index contributed by atoms with van der Waals surface area (Å²) < 4.78 is 2.82. The normalized spacial score (nSPS) is 19.3. The molecular weight excluding hydrogens is 334 g/mol. The van der Waals surface area contributed by atoms with Crippen molar-refractivity contribution in [2.75, 3.05) is 31.1 Å². The van der Waals surface area contributed by atoms with Crippen LogP contribution in [0.2, 0.25) is 0 Å². The van der Waals surface area contributed by atoms with Crippen LogP contribution in [0.25, 0.3) is 5.52 Å². The number of carbonyl (C=O) groups excluding carboxylic acids is 1. The fraction of sp³-hybridized carbons (Fsp3) is 0.500. The summed E-state index contributed by atoms with van der Waals surface area (Å²) >= 11 is 3.47. The number of anilines is 1. The summed E-state index contributed by atoms with van der Waals surface area (Å²) in [5, 5.41) is 4.22.